The fourth-order valence-electron chi connectivity index (χ4n) is 1.70. The summed E-state index contributed by atoms with van der Waals surface area (Å²) in [5, 5.41) is 0. The Morgan fingerprint density at radius 1 is 1.29 bits per heavy atom. The van der Waals surface area contributed by atoms with Crippen LogP contribution in [-0.2, 0) is 11.2 Å². The maximum absolute atomic E-state index is 5.05. The zero-order chi connectivity index (χ0) is 12.9. The zero-order valence-corrected chi connectivity index (χ0v) is 11.7. The van der Waals surface area contributed by atoms with Gasteiger partial charge >= 0.3 is 0 Å². The van der Waals surface area contributed by atoms with Gasteiger partial charge in [-0.1, -0.05) is 26.8 Å². The Morgan fingerprint density at radius 3 is 2.47 bits per heavy atom. The lowest BCUT2D eigenvalue weighted by molar-refractivity contribution is 0.206. The molecule has 0 radical (unpaired) electrons. The third-order valence-corrected chi connectivity index (χ3v) is 2.57. The average molecular weight is 236 g/mol. The smallest absolute Gasteiger partial charge is 0.128 e. The first-order chi connectivity index (χ1) is 7.92. The van der Waals surface area contributed by atoms with Crippen molar-refractivity contribution in [3.8, 4) is 0 Å². The van der Waals surface area contributed by atoms with Crippen molar-refractivity contribution in [1.82, 2.24) is 4.98 Å². The SMILES string of the molecule is COCCN(C)c1ccc(CC(C)(C)C)cn1. The minimum Gasteiger partial charge on any atom is -0.383 e. The van der Waals surface area contributed by atoms with E-state index in [1.165, 1.54) is 5.56 Å². The Bertz CT molecular complexity index is 327. The van der Waals surface area contributed by atoms with E-state index in [1.54, 1.807) is 7.11 Å². The Kier molecular flexibility index (Phi) is 4.94. The number of nitrogens with zero attached hydrogens (tertiary/aromatic N) is 2. The Balaban J connectivity index is 2.61. The fourth-order valence-corrected chi connectivity index (χ4v) is 1.70. The first kappa shape index (κ1) is 14.0. The number of likely N-dealkylation sites (N-methyl/N-ethyl adjacent to an activating group) is 1. The molecular formula is C14H24N2O. The molecule has 0 bridgehead atoms. The summed E-state index contributed by atoms with van der Waals surface area (Å²) >= 11 is 0. The molecule has 3 heteroatoms. The molecule has 0 unspecified atom stereocenters. The van der Waals surface area contributed by atoms with Gasteiger partial charge in [0.25, 0.3) is 0 Å². The third-order valence-electron chi connectivity index (χ3n) is 2.57. The van der Waals surface area contributed by atoms with E-state index in [1.807, 2.05) is 13.2 Å². The van der Waals surface area contributed by atoms with Crippen LogP contribution in [0.2, 0.25) is 0 Å². The Hall–Kier alpha value is -1.09. The average Bonchev–Trinajstić information content (AvgIpc) is 2.24. The normalized spacial score (nSPS) is 11.6. The van der Waals surface area contributed by atoms with Crippen LogP contribution in [0.1, 0.15) is 26.3 Å². The van der Waals surface area contributed by atoms with Crippen molar-refractivity contribution < 1.29 is 4.74 Å². The lowest BCUT2D eigenvalue weighted by Crippen LogP contribution is -2.23. The van der Waals surface area contributed by atoms with Crippen LogP contribution in [0, 0.1) is 5.41 Å². The number of rotatable bonds is 5. The second-order valence-electron chi connectivity index (χ2n) is 5.68. The van der Waals surface area contributed by atoms with Gasteiger partial charge < -0.3 is 9.64 Å². The number of hydrogen-bond donors (Lipinski definition) is 0. The van der Waals surface area contributed by atoms with Gasteiger partial charge in [0.05, 0.1) is 6.61 Å². The Labute approximate surface area is 105 Å². The van der Waals surface area contributed by atoms with Crippen molar-refractivity contribution in [3.63, 3.8) is 0 Å². The van der Waals surface area contributed by atoms with E-state index in [4.69, 9.17) is 4.74 Å². The van der Waals surface area contributed by atoms with Gasteiger partial charge in [-0.25, -0.2) is 4.98 Å². The highest BCUT2D eigenvalue weighted by atomic mass is 16.5. The number of ether oxygens (including phenoxy) is 1. The second kappa shape index (κ2) is 6.01. The van der Waals surface area contributed by atoms with E-state index in [2.05, 4.69) is 42.8 Å². The molecule has 1 aromatic rings. The highest BCUT2D eigenvalue weighted by molar-refractivity contribution is 5.38. The monoisotopic (exact) mass is 236 g/mol. The highest BCUT2D eigenvalue weighted by Gasteiger charge is 2.11. The van der Waals surface area contributed by atoms with Crippen LogP contribution in [-0.4, -0.2) is 32.3 Å². The first-order valence-electron chi connectivity index (χ1n) is 6.07. The van der Waals surface area contributed by atoms with Gasteiger partial charge in [0.1, 0.15) is 5.82 Å². The van der Waals surface area contributed by atoms with E-state index < -0.39 is 0 Å². The summed E-state index contributed by atoms with van der Waals surface area (Å²) in [7, 11) is 3.75. The van der Waals surface area contributed by atoms with Crippen molar-refractivity contribution in [1.29, 1.82) is 0 Å². The summed E-state index contributed by atoms with van der Waals surface area (Å²) in [6.07, 6.45) is 3.03. The molecule has 0 fully saturated rings. The van der Waals surface area contributed by atoms with Gasteiger partial charge in [0.15, 0.2) is 0 Å². The molecule has 96 valence electrons. The van der Waals surface area contributed by atoms with E-state index in [0.717, 1.165) is 25.4 Å². The van der Waals surface area contributed by atoms with Gasteiger partial charge in [0.2, 0.25) is 0 Å². The van der Waals surface area contributed by atoms with Gasteiger partial charge in [-0.05, 0) is 23.5 Å². The second-order valence-corrected chi connectivity index (χ2v) is 5.68. The van der Waals surface area contributed by atoms with Crippen LogP contribution >= 0.6 is 0 Å². The molecule has 1 aromatic heterocycles. The topological polar surface area (TPSA) is 25.4 Å². The van der Waals surface area contributed by atoms with Crippen LogP contribution in [0.15, 0.2) is 18.3 Å². The molecule has 0 spiro atoms. The molecule has 0 aliphatic carbocycles. The van der Waals surface area contributed by atoms with Crippen molar-refractivity contribution in [2.24, 2.45) is 5.41 Å². The van der Waals surface area contributed by atoms with Gasteiger partial charge in [-0.3, -0.25) is 0 Å². The molecule has 17 heavy (non-hydrogen) atoms. The molecule has 0 atom stereocenters. The lowest BCUT2D eigenvalue weighted by atomic mass is 9.89. The van der Waals surface area contributed by atoms with Crippen molar-refractivity contribution in [2.75, 3.05) is 32.2 Å². The molecule has 0 amide bonds. The molecular weight excluding hydrogens is 212 g/mol. The zero-order valence-electron chi connectivity index (χ0n) is 11.7. The number of anilines is 1. The van der Waals surface area contributed by atoms with Crippen molar-refractivity contribution in [2.45, 2.75) is 27.2 Å². The van der Waals surface area contributed by atoms with Crippen LogP contribution in [0.4, 0.5) is 5.82 Å². The minimum atomic E-state index is 0.311. The summed E-state index contributed by atoms with van der Waals surface area (Å²) < 4.78 is 5.05. The van der Waals surface area contributed by atoms with E-state index >= 15 is 0 Å². The maximum Gasteiger partial charge on any atom is 0.128 e. The van der Waals surface area contributed by atoms with Crippen molar-refractivity contribution in [3.05, 3.63) is 23.9 Å². The summed E-state index contributed by atoms with van der Waals surface area (Å²) in [6.45, 7) is 8.31. The molecule has 0 N–H and O–H groups in total. The van der Waals surface area contributed by atoms with Crippen molar-refractivity contribution >= 4 is 5.82 Å². The van der Waals surface area contributed by atoms with Gasteiger partial charge in [-0.2, -0.15) is 0 Å². The molecule has 1 rings (SSSR count). The van der Waals surface area contributed by atoms with Gasteiger partial charge in [-0.15, -0.1) is 0 Å². The molecule has 3 nitrogen and oxygen atoms in total. The van der Waals surface area contributed by atoms with Crippen LogP contribution < -0.4 is 4.90 Å². The predicted octanol–water partition coefficient (Wildman–Crippen LogP) is 2.75. The minimum absolute atomic E-state index is 0.311. The number of hydrogen-bond acceptors (Lipinski definition) is 3. The third kappa shape index (κ3) is 5.18. The highest BCUT2D eigenvalue weighted by Crippen LogP contribution is 2.21. The van der Waals surface area contributed by atoms with Gasteiger partial charge in [0, 0.05) is 26.9 Å². The fraction of sp³-hybridized carbons (Fsp3) is 0.643. The summed E-state index contributed by atoms with van der Waals surface area (Å²) in [6, 6.07) is 4.24. The lowest BCUT2D eigenvalue weighted by Gasteiger charge is -2.20. The number of methoxy groups -OCH3 is 1. The first-order valence-corrected chi connectivity index (χ1v) is 6.07. The molecule has 0 saturated heterocycles. The summed E-state index contributed by atoms with van der Waals surface area (Å²) in [4.78, 5) is 6.59. The van der Waals surface area contributed by atoms with Crippen LogP contribution in [0.5, 0.6) is 0 Å². The molecule has 0 aliphatic heterocycles. The largest absolute Gasteiger partial charge is 0.383 e. The predicted molar refractivity (Wildman–Crippen MR) is 72.5 cm³/mol. The number of pyridine rings is 1. The molecule has 0 aromatic carbocycles. The molecule has 0 saturated carbocycles. The van der Waals surface area contributed by atoms with E-state index in [9.17, 15) is 0 Å². The Morgan fingerprint density at radius 2 is 2.00 bits per heavy atom. The number of aromatic nitrogens is 1. The summed E-state index contributed by atoms with van der Waals surface area (Å²) in [5.41, 5.74) is 1.60. The maximum atomic E-state index is 5.05. The van der Waals surface area contributed by atoms with E-state index in [0.29, 0.717) is 5.41 Å². The molecule has 1 heterocycles. The standard InChI is InChI=1S/C14H24N2O/c1-14(2,3)10-12-6-7-13(15-11-12)16(4)8-9-17-5/h6-7,11H,8-10H2,1-5H3. The van der Waals surface area contributed by atoms with E-state index in [-0.39, 0.29) is 0 Å². The molecule has 0 aliphatic rings. The van der Waals surface area contributed by atoms with Crippen LogP contribution in [0.3, 0.4) is 0 Å². The quantitative estimate of drug-likeness (QED) is 0.786. The van der Waals surface area contributed by atoms with Crippen LogP contribution in [0.25, 0.3) is 0 Å². The summed E-state index contributed by atoms with van der Waals surface area (Å²) in [5.74, 6) is 1.000.